The Morgan fingerprint density at radius 1 is 0.885 bits per heavy atom. The number of benzene rings is 2. The molecule has 0 unspecified atom stereocenters. The first-order valence-corrected chi connectivity index (χ1v) is 7.80. The fraction of sp³-hybridized carbons (Fsp3) is 0.0526. The number of amides is 1. The third-order valence-electron chi connectivity index (χ3n) is 3.59. The Hall–Kier alpha value is -3.61. The van der Waals surface area contributed by atoms with Gasteiger partial charge in [-0.15, -0.1) is 10.2 Å². The number of carbonyl (C=O) groups excluding carboxylic acids is 2. The predicted molar refractivity (Wildman–Crippen MR) is 96.1 cm³/mol. The third-order valence-corrected chi connectivity index (χ3v) is 3.59. The lowest BCUT2D eigenvalue weighted by Gasteiger charge is -2.07. The molecule has 0 fully saturated rings. The van der Waals surface area contributed by atoms with Gasteiger partial charge in [0.1, 0.15) is 5.82 Å². The van der Waals surface area contributed by atoms with E-state index in [4.69, 9.17) is 0 Å². The van der Waals surface area contributed by atoms with Crippen molar-refractivity contribution in [1.29, 1.82) is 0 Å². The first-order chi connectivity index (χ1) is 12.5. The summed E-state index contributed by atoms with van der Waals surface area (Å²) >= 11 is 0. The van der Waals surface area contributed by atoms with Crippen LogP contribution in [0.4, 0.5) is 21.7 Å². The van der Waals surface area contributed by atoms with E-state index in [0.29, 0.717) is 11.4 Å². The molecule has 2 aromatic carbocycles. The predicted octanol–water partition coefficient (Wildman–Crippen LogP) is 3.81. The Balaban J connectivity index is 1.66. The molecule has 0 aliphatic heterocycles. The van der Waals surface area contributed by atoms with E-state index in [2.05, 4.69) is 20.8 Å². The lowest BCUT2D eigenvalue weighted by atomic mass is 10.1. The van der Waals surface area contributed by atoms with Crippen molar-refractivity contribution in [2.75, 3.05) is 10.6 Å². The van der Waals surface area contributed by atoms with Crippen molar-refractivity contribution in [3.05, 3.63) is 77.6 Å². The number of ketones is 1. The van der Waals surface area contributed by atoms with Gasteiger partial charge in [-0.25, -0.2) is 4.39 Å². The Morgan fingerprint density at radius 3 is 2.15 bits per heavy atom. The monoisotopic (exact) mass is 350 g/mol. The summed E-state index contributed by atoms with van der Waals surface area (Å²) in [6.45, 7) is 1.50. The van der Waals surface area contributed by atoms with E-state index in [0.717, 1.165) is 5.69 Å². The Bertz CT molecular complexity index is 941. The molecule has 3 rings (SSSR count). The van der Waals surface area contributed by atoms with Gasteiger partial charge in [0.15, 0.2) is 17.4 Å². The fourth-order valence-electron chi connectivity index (χ4n) is 2.23. The number of nitrogens with one attached hydrogen (secondary N) is 2. The van der Waals surface area contributed by atoms with Crippen LogP contribution in [0.3, 0.4) is 0 Å². The standard InChI is InChI=1S/C19H15FN4O2/c1-12(25)13-6-8-14(9-7-13)21-17-10-11-18(24-23-17)22-19(26)15-4-2-3-5-16(15)20/h2-11H,1H3,(H,21,23)(H,22,24,26). The maximum atomic E-state index is 13.6. The molecule has 26 heavy (non-hydrogen) atoms. The largest absolute Gasteiger partial charge is 0.339 e. The highest BCUT2D eigenvalue weighted by molar-refractivity contribution is 6.03. The molecule has 6 nitrogen and oxygen atoms in total. The number of hydrogen-bond donors (Lipinski definition) is 2. The highest BCUT2D eigenvalue weighted by Gasteiger charge is 2.11. The lowest BCUT2D eigenvalue weighted by Crippen LogP contribution is -2.15. The molecular weight excluding hydrogens is 335 g/mol. The van der Waals surface area contributed by atoms with Crippen LogP contribution in [0, 0.1) is 5.82 Å². The number of hydrogen-bond acceptors (Lipinski definition) is 5. The number of rotatable bonds is 5. The molecule has 1 heterocycles. The summed E-state index contributed by atoms with van der Waals surface area (Å²) in [6, 6.07) is 15.8. The van der Waals surface area contributed by atoms with E-state index in [9.17, 15) is 14.0 Å². The molecule has 0 bridgehead atoms. The van der Waals surface area contributed by atoms with Crippen LogP contribution in [-0.4, -0.2) is 21.9 Å². The van der Waals surface area contributed by atoms with Gasteiger partial charge in [-0.2, -0.15) is 0 Å². The first-order valence-electron chi connectivity index (χ1n) is 7.80. The summed E-state index contributed by atoms with van der Waals surface area (Å²) in [5, 5.41) is 13.4. The number of aromatic nitrogens is 2. The smallest absolute Gasteiger partial charge is 0.259 e. The second kappa shape index (κ2) is 7.52. The van der Waals surface area contributed by atoms with Crippen molar-refractivity contribution in [2.24, 2.45) is 0 Å². The molecule has 0 atom stereocenters. The summed E-state index contributed by atoms with van der Waals surface area (Å²) in [5.41, 5.74) is 1.29. The molecule has 0 spiro atoms. The molecule has 0 saturated heterocycles. The van der Waals surface area contributed by atoms with E-state index >= 15 is 0 Å². The van der Waals surface area contributed by atoms with Crippen molar-refractivity contribution < 1.29 is 14.0 Å². The van der Waals surface area contributed by atoms with Crippen LogP contribution in [0.15, 0.2) is 60.7 Å². The second-order valence-electron chi connectivity index (χ2n) is 5.50. The van der Waals surface area contributed by atoms with Gasteiger partial charge in [0.25, 0.3) is 5.91 Å². The van der Waals surface area contributed by atoms with Gasteiger partial charge >= 0.3 is 0 Å². The first kappa shape index (κ1) is 17.2. The minimum Gasteiger partial charge on any atom is -0.339 e. The Labute approximate surface area is 149 Å². The van der Waals surface area contributed by atoms with Crippen molar-refractivity contribution in [3.8, 4) is 0 Å². The molecular formula is C19H15FN4O2. The molecule has 2 N–H and O–H groups in total. The molecule has 3 aromatic rings. The van der Waals surface area contributed by atoms with Crippen LogP contribution in [0.5, 0.6) is 0 Å². The molecule has 130 valence electrons. The van der Waals surface area contributed by atoms with E-state index in [1.165, 1.54) is 25.1 Å². The number of anilines is 3. The Kier molecular flexibility index (Phi) is 4.98. The van der Waals surface area contributed by atoms with Gasteiger partial charge in [-0.1, -0.05) is 12.1 Å². The third kappa shape index (κ3) is 4.07. The van der Waals surface area contributed by atoms with Crippen molar-refractivity contribution in [2.45, 2.75) is 6.92 Å². The zero-order valence-electron chi connectivity index (χ0n) is 13.9. The minimum absolute atomic E-state index is 0.00807. The van der Waals surface area contributed by atoms with Gasteiger partial charge in [-0.3, -0.25) is 9.59 Å². The lowest BCUT2D eigenvalue weighted by molar-refractivity contribution is 0.101. The summed E-state index contributed by atoms with van der Waals surface area (Å²) in [6.07, 6.45) is 0. The van der Waals surface area contributed by atoms with Gasteiger partial charge in [-0.05, 0) is 55.5 Å². The average molecular weight is 350 g/mol. The van der Waals surface area contributed by atoms with Crippen molar-refractivity contribution in [1.82, 2.24) is 10.2 Å². The zero-order chi connectivity index (χ0) is 18.5. The number of carbonyl (C=O) groups is 2. The van der Waals surface area contributed by atoms with Gasteiger partial charge in [0.05, 0.1) is 5.56 Å². The number of halogens is 1. The van der Waals surface area contributed by atoms with E-state index in [1.807, 2.05) is 0 Å². The van der Waals surface area contributed by atoms with E-state index < -0.39 is 11.7 Å². The molecule has 1 amide bonds. The van der Waals surface area contributed by atoms with Crippen LogP contribution in [0.25, 0.3) is 0 Å². The second-order valence-corrected chi connectivity index (χ2v) is 5.50. The molecule has 0 saturated carbocycles. The van der Waals surface area contributed by atoms with Crippen molar-refractivity contribution in [3.63, 3.8) is 0 Å². The van der Waals surface area contributed by atoms with Gasteiger partial charge < -0.3 is 10.6 Å². The van der Waals surface area contributed by atoms with Crippen LogP contribution in [0.1, 0.15) is 27.6 Å². The maximum Gasteiger partial charge on any atom is 0.259 e. The molecule has 0 radical (unpaired) electrons. The summed E-state index contributed by atoms with van der Waals surface area (Å²) < 4.78 is 13.6. The number of nitrogens with zero attached hydrogens (tertiary/aromatic N) is 2. The fourth-order valence-corrected chi connectivity index (χ4v) is 2.23. The topological polar surface area (TPSA) is 84.0 Å². The molecule has 0 aliphatic rings. The van der Waals surface area contributed by atoms with Gasteiger partial charge in [0, 0.05) is 11.3 Å². The molecule has 0 aliphatic carbocycles. The van der Waals surface area contributed by atoms with Crippen LogP contribution >= 0.6 is 0 Å². The van der Waals surface area contributed by atoms with E-state index in [1.54, 1.807) is 42.5 Å². The van der Waals surface area contributed by atoms with Gasteiger partial charge in [0.2, 0.25) is 0 Å². The zero-order valence-corrected chi connectivity index (χ0v) is 13.9. The quantitative estimate of drug-likeness (QED) is 0.684. The van der Waals surface area contributed by atoms with Crippen LogP contribution in [-0.2, 0) is 0 Å². The van der Waals surface area contributed by atoms with Crippen LogP contribution in [0.2, 0.25) is 0 Å². The SMILES string of the molecule is CC(=O)c1ccc(Nc2ccc(NC(=O)c3ccccc3F)nn2)cc1. The van der Waals surface area contributed by atoms with Crippen molar-refractivity contribution >= 4 is 29.0 Å². The Morgan fingerprint density at radius 2 is 1.54 bits per heavy atom. The highest BCUT2D eigenvalue weighted by atomic mass is 19.1. The summed E-state index contributed by atoms with van der Waals surface area (Å²) in [5.74, 6) is -0.547. The normalized spacial score (nSPS) is 10.2. The average Bonchev–Trinajstić information content (AvgIpc) is 2.64. The summed E-state index contributed by atoms with van der Waals surface area (Å²) in [4.78, 5) is 23.3. The minimum atomic E-state index is -0.606. The molecule has 1 aromatic heterocycles. The van der Waals surface area contributed by atoms with Crippen LogP contribution < -0.4 is 10.6 Å². The molecule has 7 heteroatoms. The number of Topliss-reactive ketones (excluding diaryl/α,β-unsaturated/α-hetero) is 1. The van der Waals surface area contributed by atoms with E-state index in [-0.39, 0.29) is 17.2 Å². The maximum absolute atomic E-state index is 13.6. The highest BCUT2D eigenvalue weighted by Crippen LogP contribution is 2.16. The summed E-state index contributed by atoms with van der Waals surface area (Å²) in [7, 11) is 0.